The van der Waals surface area contributed by atoms with Crippen LogP contribution in [-0.2, 0) is 20.8 Å². The molecule has 0 atom stereocenters. The normalized spacial score (nSPS) is 16.7. The van der Waals surface area contributed by atoms with E-state index in [1.165, 1.54) is 6.07 Å². The van der Waals surface area contributed by atoms with Crippen LogP contribution in [0, 0.1) is 5.92 Å². The number of ether oxygens (including phenoxy) is 2. The Morgan fingerprint density at radius 1 is 0.921 bits per heavy atom. The van der Waals surface area contributed by atoms with Crippen LogP contribution in [0.1, 0.15) is 28.9 Å². The molecule has 10 nitrogen and oxygen atoms in total. The second-order valence-corrected chi connectivity index (χ2v) is 9.45. The lowest BCUT2D eigenvalue weighted by atomic mass is 9.99. The molecule has 2 aliphatic heterocycles. The number of aromatic nitrogens is 2. The fourth-order valence-corrected chi connectivity index (χ4v) is 4.64. The van der Waals surface area contributed by atoms with Crippen LogP contribution in [0.3, 0.4) is 0 Å². The van der Waals surface area contributed by atoms with Gasteiger partial charge in [0.2, 0.25) is 5.91 Å². The zero-order chi connectivity index (χ0) is 26.3. The van der Waals surface area contributed by atoms with Crippen molar-refractivity contribution < 1.29 is 24.3 Å². The number of nitrogens with zero attached hydrogens (tertiary/aromatic N) is 3. The number of rotatable bonds is 7. The van der Waals surface area contributed by atoms with Crippen LogP contribution in [0.2, 0.25) is 0 Å². The maximum atomic E-state index is 12.7. The van der Waals surface area contributed by atoms with E-state index < -0.39 is 5.91 Å². The summed E-state index contributed by atoms with van der Waals surface area (Å²) >= 11 is 0. The minimum Gasteiger partial charge on any atom is -0.381 e. The molecule has 3 aromatic rings. The van der Waals surface area contributed by atoms with E-state index in [2.05, 4.69) is 26.3 Å². The number of pyridine rings is 2. The highest BCUT2D eigenvalue weighted by Gasteiger charge is 2.22. The Morgan fingerprint density at radius 3 is 2.29 bits per heavy atom. The van der Waals surface area contributed by atoms with Gasteiger partial charge in [0.1, 0.15) is 5.82 Å². The first-order chi connectivity index (χ1) is 18.6. The monoisotopic (exact) mass is 517 g/mol. The summed E-state index contributed by atoms with van der Waals surface area (Å²) < 4.78 is 10.7. The molecule has 2 aromatic heterocycles. The number of hydrogen-bond donors (Lipinski definition) is 3. The van der Waals surface area contributed by atoms with Crippen LogP contribution in [-0.4, -0.2) is 71.4 Å². The number of hydroxylamine groups is 1. The maximum Gasteiger partial charge on any atom is 0.274 e. The van der Waals surface area contributed by atoms with E-state index in [0.29, 0.717) is 31.7 Å². The molecular weight excluding hydrogens is 486 g/mol. The SMILES string of the molecule is O=C(NO)c1cc(NC(=O)C2CCOCC2)nc(-c2ccc(-c3ccc(CN4CCOCC4)nc3)cc2)c1. The summed E-state index contributed by atoms with van der Waals surface area (Å²) in [5.74, 6) is -0.762. The van der Waals surface area contributed by atoms with E-state index in [9.17, 15) is 9.59 Å². The van der Waals surface area contributed by atoms with Gasteiger partial charge in [-0.05, 0) is 36.6 Å². The Balaban J connectivity index is 1.32. The first kappa shape index (κ1) is 25.9. The average molecular weight is 518 g/mol. The lowest BCUT2D eigenvalue weighted by Gasteiger charge is -2.26. The van der Waals surface area contributed by atoms with E-state index in [0.717, 1.165) is 55.2 Å². The van der Waals surface area contributed by atoms with Crippen LogP contribution >= 0.6 is 0 Å². The summed E-state index contributed by atoms with van der Waals surface area (Å²) in [5, 5.41) is 12.0. The van der Waals surface area contributed by atoms with E-state index in [4.69, 9.17) is 14.7 Å². The lowest BCUT2D eigenvalue weighted by molar-refractivity contribution is -0.122. The Bertz CT molecular complexity index is 1250. The average Bonchev–Trinajstić information content (AvgIpc) is 2.98. The molecule has 5 rings (SSSR count). The van der Waals surface area contributed by atoms with Gasteiger partial charge < -0.3 is 14.8 Å². The molecule has 0 spiro atoms. The lowest BCUT2D eigenvalue weighted by Crippen LogP contribution is -2.35. The number of carbonyl (C=O) groups is 2. The molecule has 2 saturated heterocycles. The van der Waals surface area contributed by atoms with Gasteiger partial charge in [0, 0.05) is 61.7 Å². The topological polar surface area (TPSA) is 126 Å². The highest BCUT2D eigenvalue weighted by Crippen LogP contribution is 2.26. The molecule has 0 bridgehead atoms. The van der Waals surface area contributed by atoms with E-state index >= 15 is 0 Å². The van der Waals surface area contributed by atoms with E-state index in [1.807, 2.05) is 36.5 Å². The molecule has 4 heterocycles. The molecule has 2 amide bonds. The smallest absolute Gasteiger partial charge is 0.274 e. The van der Waals surface area contributed by atoms with Crippen LogP contribution in [0.25, 0.3) is 22.4 Å². The zero-order valence-electron chi connectivity index (χ0n) is 21.1. The van der Waals surface area contributed by atoms with Crippen molar-refractivity contribution in [3.8, 4) is 22.4 Å². The molecule has 0 unspecified atom stereocenters. The minimum absolute atomic E-state index is 0.159. The Morgan fingerprint density at radius 2 is 1.61 bits per heavy atom. The van der Waals surface area contributed by atoms with Crippen LogP contribution in [0.4, 0.5) is 5.82 Å². The fraction of sp³-hybridized carbons (Fsp3) is 0.357. The third-order valence-electron chi connectivity index (χ3n) is 6.86. The first-order valence-corrected chi connectivity index (χ1v) is 12.8. The van der Waals surface area contributed by atoms with Crippen molar-refractivity contribution in [1.29, 1.82) is 0 Å². The Labute approximate surface area is 221 Å². The minimum atomic E-state index is -0.685. The Kier molecular flexibility index (Phi) is 8.34. The third kappa shape index (κ3) is 6.40. The summed E-state index contributed by atoms with van der Waals surface area (Å²) in [6.45, 7) is 5.25. The molecule has 0 radical (unpaired) electrons. The van der Waals surface area contributed by atoms with Crippen molar-refractivity contribution in [3.63, 3.8) is 0 Å². The van der Waals surface area contributed by atoms with Crippen molar-refractivity contribution in [3.05, 3.63) is 66.0 Å². The van der Waals surface area contributed by atoms with Crippen molar-refractivity contribution in [2.24, 2.45) is 5.92 Å². The maximum absolute atomic E-state index is 12.7. The van der Waals surface area contributed by atoms with Crippen molar-refractivity contribution in [2.45, 2.75) is 19.4 Å². The molecule has 0 aliphatic carbocycles. The van der Waals surface area contributed by atoms with Gasteiger partial charge in [-0.15, -0.1) is 0 Å². The summed E-state index contributed by atoms with van der Waals surface area (Å²) in [7, 11) is 0. The number of carbonyl (C=O) groups excluding carboxylic acids is 2. The summed E-state index contributed by atoms with van der Waals surface area (Å²) in [4.78, 5) is 36.5. The van der Waals surface area contributed by atoms with Gasteiger partial charge in [0.15, 0.2) is 0 Å². The van der Waals surface area contributed by atoms with Gasteiger partial charge >= 0.3 is 0 Å². The molecule has 2 fully saturated rings. The van der Waals surface area contributed by atoms with Crippen LogP contribution in [0.5, 0.6) is 0 Å². The van der Waals surface area contributed by atoms with Crippen LogP contribution < -0.4 is 10.8 Å². The van der Waals surface area contributed by atoms with E-state index in [-0.39, 0.29) is 23.2 Å². The number of amides is 2. The van der Waals surface area contributed by atoms with E-state index in [1.54, 1.807) is 11.5 Å². The molecule has 2 aliphatic rings. The fourth-order valence-electron chi connectivity index (χ4n) is 4.64. The quantitative estimate of drug-likeness (QED) is 0.322. The van der Waals surface area contributed by atoms with Crippen molar-refractivity contribution in [1.82, 2.24) is 20.3 Å². The molecule has 198 valence electrons. The number of morpholine rings is 1. The predicted molar refractivity (Wildman–Crippen MR) is 140 cm³/mol. The number of anilines is 1. The van der Waals surface area contributed by atoms with Gasteiger partial charge in [-0.3, -0.25) is 24.7 Å². The molecule has 0 saturated carbocycles. The summed E-state index contributed by atoms with van der Waals surface area (Å²) in [6, 6.07) is 14.9. The van der Waals surface area contributed by atoms with Gasteiger partial charge in [0.05, 0.1) is 24.6 Å². The summed E-state index contributed by atoms with van der Waals surface area (Å²) in [5.41, 5.74) is 6.11. The molecule has 3 N–H and O–H groups in total. The van der Waals surface area contributed by atoms with Gasteiger partial charge in [-0.2, -0.15) is 0 Å². The third-order valence-corrected chi connectivity index (χ3v) is 6.86. The first-order valence-electron chi connectivity index (χ1n) is 12.8. The standard InChI is InChI=1S/C28H31N5O5/c34-27(21-7-11-37-12-8-21)31-26-16-23(28(35)32-36)15-25(30-26)20-3-1-19(2-4-20)22-5-6-24(29-17-22)18-33-9-13-38-14-10-33/h1-6,15-17,21,36H,7-14,18H2,(H,32,35)(H,30,31,34). The number of benzene rings is 1. The molecule has 1 aromatic carbocycles. The van der Waals surface area contributed by atoms with Gasteiger partial charge in [0.25, 0.3) is 5.91 Å². The number of hydrogen-bond acceptors (Lipinski definition) is 8. The number of nitrogens with one attached hydrogen (secondary N) is 2. The summed E-state index contributed by atoms with van der Waals surface area (Å²) in [6.07, 6.45) is 3.15. The highest BCUT2D eigenvalue weighted by atomic mass is 16.5. The van der Waals surface area contributed by atoms with Crippen LogP contribution in [0.15, 0.2) is 54.7 Å². The van der Waals surface area contributed by atoms with Gasteiger partial charge in [-0.1, -0.05) is 30.3 Å². The molecule has 38 heavy (non-hydrogen) atoms. The largest absolute Gasteiger partial charge is 0.381 e. The second-order valence-electron chi connectivity index (χ2n) is 9.45. The van der Waals surface area contributed by atoms with Gasteiger partial charge in [-0.25, -0.2) is 10.5 Å². The highest BCUT2D eigenvalue weighted by molar-refractivity contribution is 5.97. The van der Waals surface area contributed by atoms with Crippen molar-refractivity contribution in [2.75, 3.05) is 44.8 Å². The van der Waals surface area contributed by atoms with Crippen molar-refractivity contribution >= 4 is 17.6 Å². The predicted octanol–water partition coefficient (Wildman–Crippen LogP) is 3.13. The molecular formula is C28H31N5O5. The second kappa shape index (κ2) is 12.2. The molecule has 10 heteroatoms. The zero-order valence-corrected chi connectivity index (χ0v) is 21.1. The Hall–Kier alpha value is -3.70.